The minimum absolute atomic E-state index is 0.372. The Morgan fingerprint density at radius 2 is 2.12 bits per heavy atom. The minimum atomic E-state index is -3.16. The first kappa shape index (κ1) is 16.6. The quantitative estimate of drug-likeness (QED) is 0.480. The second kappa shape index (κ2) is 8.66. The Morgan fingerprint density at radius 3 is 2.65 bits per heavy atom. The lowest BCUT2D eigenvalue weighted by Gasteiger charge is -2.22. The van der Waals surface area contributed by atoms with E-state index in [1.54, 1.807) is 14.0 Å². The maximum atomic E-state index is 12.1. The van der Waals surface area contributed by atoms with E-state index in [1.807, 2.05) is 6.08 Å². The molecule has 0 amide bonds. The van der Waals surface area contributed by atoms with E-state index in [9.17, 15) is 8.42 Å². The number of hydrogen-bond donors (Lipinski definition) is 1. The van der Waals surface area contributed by atoms with Gasteiger partial charge in [-0.25, -0.2) is 12.7 Å². The number of sulfonamides is 1. The molecule has 4 nitrogen and oxygen atoms in total. The van der Waals surface area contributed by atoms with E-state index in [0.29, 0.717) is 13.1 Å². The highest BCUT2D eigenvalue weighted by molar-refractivity contribution is 7.89. The van der Waals surface area contributed by atoms with Crippen molar-refractivity contribution in [3.8, 4) is 0 Å². The zero-order valence-electron chi connectivity index (χ0n) is 11.3. The van der Waals surface area contributed by atoms with E-state index in [-0.39, 0.29) is 5.25 Å². The average molecular weight is 262 g/mol. The lowest BCUT2D eigenvalue weighted by atomic mass is 10.3. The molecular weight excluding hydrogens is 236 g/mol. The van der Waals surface area contributed by atoms with E-state index in [1.165, 1.54) is 4.31 Å². The molecule has 0 aromatic heterocycles. The van der Waals surface area contributed by atoms with Crippen molar-refractivity contribution < 1.29 is 8.42 Å². The number of nitrogens with one attached hydrogen (secondary N) is 1. The van der Waals surface area contributed by atoms with Crippen LogP contribution in [0, 0.1) is 0 Å². The molecule has 0 aliphatic rings. The summed E-state index contributed by atoms with van der Waals surface area (Å²) < 4.78 is 25.6. The first-order valence-electron chi connectivity index (χ1n) is 6.23. The van der Waals surface area contributed by atoms with Gasteiger partial charge in [-0.2, -0.15) is 0 Å². The van der Waals surface area contributed by atoms with E-state index in [2.05, 4.69) is 18.8 Å². The highest BCUT2D eigenvalue weighted by atomic mass is 32.2. The lowest BCUT2D eigenvalue weighted by Crippen LogP contribution is -2.40. The highest BCUT2D eigenvalue weighted by Gasteiger charge is 2.24. The number of allylic oxidation sites excluding steroid dienone is 1. The predicted octanol–water partition coefficient (Wildman–Crippen LogP) is 1.60. The molecule has 0 spiro atoms. The maximum absolute atomic E-state index is 12.1. The molecule has 0 aliphatic heterocycles. The van der Waals surface area contributed by atoms with Crippen LogP contribution in [0.25, 0.3) is 0 Å². The molecule has 102 valence electrons. The SMILES string of the molecule is C=CCCCN(C)S(=O)(=O)C(C)CNCCC. The fourth-order valence-corrected chi connectivity index (χ4v) is 2.81. The maximum Gasteiger partial charge on any atom is 0.217 e. The van der Waals surface area contributed by atoms with E-state index >= 15 is 0 Å². The third-order valence-corrected chi connectivity index (χ3v) is 4.92. The van der Waals surface area contributed by atoms with Gasteiger partial charge in [0, 0.05) is 20.1 Å². The zero-order valence-corrected chi connectivity index (χ0v) is 12.1. The fraction of sp³-hybridized carbons (Fsp3) is 0.833. The molecule has 0 fully saturated rings. The molecule has 1 atom stereocenters. The van der Waals surface area contributed by atoms with Crippen LogP contribution in [0.15, 0.2) is 12.7 Å². The van der Waals surface area contributed by atoms with Gasteiger partial charge in [-0.05, 0) is 32.7 Å². The Hall–Kier alpha value is -0.390. The van der Waals surface area contributed by atoms with E-state index in [4.69, 9.17) is 0 Å². The Labute approximate surface area is 106 Å². The molecule has 1 N–H and O–H groups in total. The topological polar surface area (TPSA) is 49.4 Å². The van der Waals surface area contributed by atoms with Crippen LogP contribution in [0.5, 0.6) is 0 Å². The van der Waals surface area contributed by atoms with E-state index in [0.717, 1.165) is 25.8 Å². The molecule has 0 aliphatic carbocycles. The Bertz CT molecular complexity index is 302. The molecule has 0 saturated heterocycles. The molecule has 1 unspecified atom stereocenters. The number of hydrogen-bond acceptors (Lipinski definition) is 3. The van der Waals surface area contributed by atoms with Crippen molar-refractivity contribution in [1.29, 1.82) is 0 Å². The van der Waals surface area contributed by atoms with Gasteiger partial charge >= 0.3 is 0 Å². The summed E-state index contributed by atoms with van der Waals surface area (Å²) in [5.74, 6) is 0. The fourth-order valence-electron chi connectivity index (χ4n) is 1.48. The Morgan fingerprint density at radius 1 is 1.47 bits per heavy atom. The highest BCUT2D eigenvalue weighted by Crippen LogP contribution is 2.07. The molecule has 17 heavy (non-hydrogen) atoms. The van der Waals surface area contributed by atoms with Crippen molar-refractivity contribution in [2.75, 3.05) is 26.7 Å². The van der Waals surface area contributed by atoms with Crippen LogP contribution in [0.4, 0.5) is 0 Å². The largest absolute Gasteiger partial charge is 0.315 e. The third-order valence-electron chi connectivity index (χ3n) is 2.68. The second-order valence-electron chi connectivity index (χ2n) is 4.31. The van der Waals surface area contributed by atoms with Gasteiger partial charge in [-0.1, -0.05) is 13.0 Å². The Kier molecular flexibility index (Phi) is 8.47. The smallest absolute Gasteiger partial charge is 0.217 e. The van der Waals surface area contributed by atoms with Gasteiger partial charge in [-0.15, -0.1) is 6.58 Å². The normalized spacial score (nSPS) is 13.9. The molecule has 0 aromatic carbocycles. The number of nitrogens with zero attached hydrogens (tertiary/aromatic N) is 1. The zero-order chi connectivity index (χ0) is 13.3. The average Bonchev–Trinajstić information content (AvgIpc) is 2.29. The summed E-state index contributed by atoms with van der Waals surface area (Å²) >= 11 is 0. The molecule has 0 saturated carbocycles. The van der Waals surface area contributed by atoms with Crippen molar-refractivity contribution in [1.82, 2.24) is 9.62 Å². The molecular formula is C12H26N2O2S. The summed E-state index contributed by atoms with van der Waals surface area (Å²) in [4.78, 5) is 0. The molecule has 0 radical (unpaired) electrons. The van der Waals surface area contributed by atoms with Crippen molar-refractivity contribution in [3.63, 3.8) is 0 Å². The van der Waals surface area contributed by atoms with Crippen LogP contribution in [0.2, 0.25) is 0 Å². The van der Waals surface area contributed by atoms with Gasteiger partial charge in [0.05, 0.1) is 5.25 Å². The lowest BCUT2D eigenvalue weighted by molar-refractivity contribution is 0.451. The number of rotatable bonds is 10. The summed E-state index contributed by atoms with van der Waals surface area (Å²) in [5.41, 5.74) is 0. The van der Waals surface area contributed by atoms with Crippen LogP contribution >= 0.6 is 0 Å². The molecule has 0 bridgehead atoms. The van der Waals surface area contributed by atoms with Crippen LogP contribution in [0.3, 0.4) is 0 Å². The van der Waals surface area contributed by atoms with Gasteiger partial charge in [0.1, 0.15) is 0 Å². The summed E-state index contributed by atoms with van der Waals surface area (Å²) in [6, 6.07) is 0. The predicted molar refractivity (Wildman–Crippen MR) is 73.6 cm³/mol. The van der Waals surface area contributed by atoms with E-state index < -0.39 is 10.0 Å². The summed E-state index contributed by atoms with van der Waals surface area (Å²) in [6.07, 6.45) is 4.51. The minimum Gasteiger partial charge on any atom is -0.315 e. The van der Waals surface area contributed by atoms with Crippen molar-refractivity contribution in [2.45, 2.75) is 38.4 Å². The van der Waals surface area contributed by atoms with Crippen molar-refractivity contribution in [2.24, 2.45) is 0 Å². The Balaban J connectivity index is 4.18. The van der Waals surface area contributed by atoms with Crippen LogP contribution in [0.1, 0.15) is 33.1 Å². The van der Waals surface area contributed by atoms with Crippen molar-refractivity contribution in [3.05, 3.63) is 12.7 Å². The molecule has 5 heteroatoms. The first-order valence-corrected chi connectivity index (χ1v) is 7.73. The first-order chi connectivity index (χ1) is 7.96. The number of unbranched alkanes of at least 4 members (excludes halogenated alkanes) is 1. The third kappa shape index (κ3) is 6.19. The van der Waals surface area contributed by atoms with Gasteiger partial charge < -0.3 is 5.32 Å². The molecule has 0 rings (SSSR count). The molecule has 0 heterocycles. The molecule has 0 aromatic rings. The van der Waals surface area contributed by atoms with Crippen LogP contribution in [-0.4, -0.2) is 44.7 Å². The summed E-state index contributed by atoms with van der Waals surface area (Å²) in [6.45, 7) is 9.38. The van der Waals surface area contributed by atoms with Gasteiger partial charge in [0.2, 0.25) is 10.0 Å². The van der Waals surface area contributed by atoms with Crippen LogP contribution in [-0.2, 0) is 10.0 Å². The van der Waals surface area contributed by atoms with Crippen molar-refractivity contribution >= 4 is 10.0 Å². The summed E-state index contributed by atoms with van der Waals surface area (Å²) in [5, 5.41) is 2.77. The standard InChI is InChI=1S/C12H26N2O2S/c1-5-7-8-10-14(4)17(15,16)12(3)11-13-9-6-2/h5,12-13H,1,6-11H2,2-4H3. The van der Waals surface area contributed by atoms with Gasteiger partial charge in [0.25, 0.3) is 0 Å². The van der Waals surface area contributed by atoms with Gasteiger partial charge in [0.15, 0.2) is 0 Å². The van der Waals surface area contributed by atoms with Crippen LogP contribution < -0.4 is 5.32 Å². The summed E-state index contributed by atoms with van der Waals surface area (Å²) in [7, 11) is -1.52. The van der Waals surface area contributed by atoms with Gasteiger partial charge in [-0.3, -0.25) is 0 Å². The second-order valence-corrected chi connectivity index (χ2v) is 6.77. The monoisotopic (exact) mass is 262 g/mol.